The molecular formula is C23H29N3O5. The molecule has 0 saturated heterocycles. The van der Waals surface area contributed by atoms with Gasteiger partial charge in [0.15, 0.2) is 18.1 Å². The van der Waals surface area contributed by atoms with Gasteiger partial charge in [0.05, 0.1) is 13.3 Å². The molecule has 0 unspecified atom stereocenters. The monoisotopic (exact) mass is 427 g/mol. The molecule has 166 valence electrons. The van der Waals surface area contributed by atoms with Crippen molar-refractivity contribution in [2.75, 3.05) is 13.7 Å². The summed E-state index contributed by atoms with van der Waals surface area (Å²) in [7, 11) is 1.44. The highest BCUT2D eigenvalue weighted by molar-refractivity contribution is 5.89. The Morgan fingerprint density at radius 3 is 2.58 bits per heavy atom. The number of aryl methyl sites for hydroxylation is 1. The van der Waals surface area contributed by atoms with E-state index in [0.29, 0.717) is 23.5 Å². The summed E-state index contributed by atoms with van der Waals surface area (Å²) in [6, 6.07) is 11.3. The standard InChI is InChI=1S/C23H29N3O5/c1-15(2)11-18(25-22(28)14-31-20-8-6-5-7-16(20)3)23(29)26-24-13-17-9-10-19(27)21(12-17)30-4/h5-10,12-13,15,18,27H,11,14H2,1-4H3,(H,25,28)(H,26,29)/b24-13-/t18-/m1/s1. The van der Waals surface area contributed by atoms with E-state index in [0.717, 1.165) is 5.56 Å². The Labute approximate surface area is 182 Å². The van der Waals surface area contributed by atoms with Gasteiger partial charge in [0, 0.05) is 0 Å². The van der Waals surface area contributed by atoms with Crippen LogP contribution in [0.2, 0.25) is 0 Å². The molecule has 0 spiro atoms. The smallest absolute Gasteiger partial charge is 0.262 e. The van der Waals surface area contributed by atoms with E-state index in [-0.39, 0.29) is 18.3 Å². The number of para-hydroxylation sites is 1. The molecule has 2 aromatic rings. The third kappa shape index (κ3) is 7.65. The van der Waals surface area contributed by atoms with Crippen molar-refractivity contribution in [3.8, 4) is 17.2 Å². The zero-order valence-corrected chi connectivity index (χ0v) is 18.2. The fourth-order valence-electron chi connectivity index (χ4n) is 2.82. The molecule has 8 nitrogen and oxygen atoms in total. The lowest BCUT2D eigenvalue weighted by Crippen LogP contribution is -2.47. The number of rotatable bonds is 10. The molecule has 0 aromatic heterocycles. The number of phenolic OH excluding ortho intramolecular Hbond substituents is 1. The quantitative estimate of drug-likeness (QED) is 0.399. The Morgan fingerprint density at radius 2 is 1.90 bits per heavy atom. The Hall–Kier alpha value is -3.55. The zero-order valence-electron chi connectivity index (χ0n) is 18.2. The molecule has 8 heteroatoms. The Balaban J connectivity index is 1.95. The molecule has 1 atom stereocenters. The minimum Gasteiger partial charge on any atom is -0.504 e. The second-order valence-corrected chi connectivity index (χ2v) is 7.47. The molecule has 0 saturated carbocycles. The molecule has 2 rings (SSSR count). The van der Waals surface area contributed by atoms with Crippen LogP contribution >= 0.6 is 0 Å². The molecule has 0 fully saturated rings. The number of phenols is 1. The number of hydrogen-bond donors (Lipinski definition) is 3. The number of aromatic hydroxyl groups is 1. The molecule has 2 amide bonds. The van der Waals surface area contributed by atoms with Crippen molar-refractivity contribution in [2.24, 2.45) is 11.0 Å². The maximum absolute atomic E-state index is 12.6. The van der Waals surface area contributed by atoms with Crippen LogP contribution in [0.3, 0.4) is 0 Å². The third-order valence-electron chi connectivity index (χ3n) is 4.40. The van der Waals surface area contributed by atoms with Gasteiger partial charge in [-0.3, -0.25) is 9.59 Å². The summed E-state index contributed by atoms with van der Waals surface area (Å²) in [6.45, 7) is 5.62. The van der Waals surface area contributed by atoms with Crippen molar-refractivity contribution in [3.05, 3.63) is 53.6 Å². The number of carbonyl (C=O) groups excluding carboxylic acids is 2. The molecular weight excluding hydrogens is 398 g/mol. The summed E-state index contributed by atoms with van der Waals surface area (Å²) >= 11 is 0. The highest BCUT2D eigenvalue weighted by Gasteiger charge is 2.22. The van der Waals surface area contributed by atoms with E-state index in [1.54, 1.807) is 18.2 Å². The molecule has 0 aliphatic carbocycles. The topological polar surface area (TPSA) is 109 Å². The maximum atomic E-state index is 12.6. The summed E-state index contributed by atoms with van der Waals surface area (Å²) in [5.74, 6) is 0.288. The number of amides is 2. The van der Waals surface area contributed by atoms with Gasteiger partial charge in [-0.15, -0.1) is 0 Å². The second-order valence-electron chi connectivity index (χ2n) is 7.47. The number of nitrogens with zero attached hydrogens (tertiary/aromatic N) is 1. The number of hydrogen-bond acceptors (Lipinski definition) is 6. The highest BCUT2D eigenvalue weighted by Crippen LogP contribution is 2.25. The highest BCUT2D eigenvalue weighted by atomic mass is 16.5. The van der Waals surface area contributed by atoms with Gasteiger partial charge in [-0.05, 0) is 54.7 Å². The zero-order chi connectivity index (χ0) is 22.8. The summed E-state index contributed by atoms with van der Waals surface area (Å²) in [4.78, 5) is 24.9. The van der Waals surface area contributed by atoms with E-state index in [1.165, 1.54) is 19.4 Å². The van der Waals surface area contributed by atoms with Crippen molar-refractivity contribution in [2.45, 2.75) is 33.2 Å². The first-order chi connectivity index (χ1) is 14.8. The first-order valence-electron chi connectivity index (χ1n) is 9.97. The molecule has 3 N–H and O–H groups in total. The fourth-order valence-corrected chi connectivity index (χ4v) is 2.82. The van der Waals surface area contributed by atoms with Gasteiger partial charge >= 0.3 is 0 Å². The number of carbonyl (C=O) groups is 2. The number of hydrazone groups is 1. The number of ether oxygens (including phenoxy) is 2. The lowest BCUT2D eigenvalue weighted by atomic mass is 10.0. The molecule has 0 aliphatic heterocycles. The summed E-state index contributed by atoms with van der Waals surface area (Å²) < 4.78 is 10.6. The SMILES string of the molecule is COc1cc(/C=N\NC(=O)[C@@H](CC(C)C)NC(=O)COc2ccccc2C)ccc1O. The average molecular weight is 428 g/mol. The minimum absolute atomic E-state index is 0.0105. The van der Waals surface area contributed by atoms with Crippen LogP contribution in [0.4, 0.5) is 0 Å². The van der Waals surface area contributed by atoms with Crippen LogP contribution in [0.25, 0.3) is 0 Å². The van der Waals surface area contributed by atoms with Gasteiger partial charge in [-0.2, -0.15) is 5.10 Å². The molecule has 0 aliphatic rings. The maximum Gasteiger partial charge on any atom is 0.262 e. The van der Waals surface area contributed by atoms with E-state index in [9.17, 15) is 14.7 Å². The number of methoxy groups -OCH3 is 1. The summed E-state index contributed by atoms with van der Waals surface area (Å²) in [5, 5.41) is 16.3. The number of benzene rings is 2. The van der Waals surface area contributed by atoms with E-state index >= 15 is 0 Å². The Bertz CT molecular complexity index is 927. The Kier molecular flexibility index (Phi) is 8.87. The van der Waals surface area contributed by atoms with Crippen LogP contribution in [0, 0.1) is 12.8 Å². The summed E-state index contributed by atoms with van der Waals surface area (Å²) in [5.41, 5.74) is 4.00. The van der Waals surface area contributed by atoms with Crippen LogP contribution in [-0.4, -0.2) is 42.9 Å². The molecule has 31 heavy (non-hydrogen) atoms. The van der Waals surface area contributed by atoms with E-state index < -0.39 is 17.9 Å². The molecule has 0 radical (unpaired) electrons. The van der Waals surface area contributed by atoms with Crippen molar-refractivity contribution in [1.82, 2.24) is 10.7 Å². The molecule has 0 heterocycles. The van der Waals surface area contributed by atoms with Crippen molar-refractivity contribution in [3.63, 3.8) is 0 Å². The molecule has 0 bridgehead atoms. The van der Waals surface area contributed by atoms with Gasteiger partial charge in [-0.25, -0.2) is 5.43 Å². The van der Waals surface area contributed by atoms with Crippen LogP contribution in [0.1, 0.15) is 31.4 Å². The molecule has 2 aromatic carbocycles. The van der Waals surface area contributed by atoms with Crippen LogP contribution < -0.4 is 20.2 Å². The third-order valence-corrected chi connectivity index (χ3v) is 4.40. The predicted octanol–water partition coefficient (Wildman–Crippen LogP) is 2.77. The minimum atomic E-state index is -0.750. The van der Waals surface area contributed by atoms with E-state index in [2.05, 4.69) is 15.8 Å². The normalized spacial score (nSPS) is 11.9. The van der Waals surface area contributed by atoms with Gasteiger partial charge in [0.1, 0.15) is 11.8 Å². The van der Waals surface area contributed by atoms with Crippen LogP contribution in [0.15, 0.2) is 47.6 Å². The van der Waals surface area contributed by atoms with Crippen LogP contribution in [0.5, 0.6) is 17.2 Å². The van der Waals surface area contributed by atoms with Crippen molar-refractivity contribution >= 4 is 18.0 Å². The Morgan fingerprint density at radius 1 is 1.16 bits per heavy atom. The van der Waals surface area contributed by atoms with E-state index in [1.807, 2.05) is 39.0 Å². The van der Waals surface area contributed by atoms with Crippen molar-refractivity contribution in [1.29, 1.82) is 0 Å². The van der Waals surface area contributed by atoms with Gasteiger partial charge in [-0.1, -0.05) is 32.0 Å². The second kappa shape index (κ2) is 11.6. The first kappa shape index (κ1) is 23.7. The predicted molar refractivity (Wildman–Crippen MR) is 118 cm³/mol. The largest absolute Gasteiger partial charge is 0.504 e. The average Bonchev–Trinajstić information content (AvgIpc) is 2.73. The lowest BCUT2D eigenvalue weighted by molar-refractivity contribution is -0.130. The van der Waals surface area contributed by atoms with Crippen LogP contribution in [-0.2, 0) is 9.59 Å². The number of nitrogens with one attached hydrogen (secondary N) is 2. The first-order valence-corrected chi connectivity index (χ1v) is 9.97. The summed E-state index contributed by atoms with van der Waals surface area (Å²) in [6.07, 6.45) is 1.87. The van der Waals surface area contributed by atoms with E-state index in [4.69, 9.17) is 9.47 Å². The lowest BCUT2D eigenvalue weighted by Gasteiger charge is -2.19. The van der Waals surface area contributed by atoms with Gasteiger partial charge in [0.25, 0.3) is 11.8 Å². The fraction of sp³-hybridized carbons (Fsp3) is 0.348. The van der Waals surface area contributed by atoms with Gasteiger partial charge in [0.2, 0.25) is 0 Å². The van der Waals surface area contributed by atoms with Gasteiger partial charge < -0.3 is 19.9 Å². The van der Waals surface area contributed by atoms with Crippen molar-refractivity contribution < 1.29 is 24.2 Å².